The summed E-state index contributed by atoms with van der Waals surface area (Å²) in [6, 6.07) is -0.880. The molecule has 0 radical (unpaired) electrons. The number of hydrogen-bond donors (Lipinski definition) is 3. The van der Waals surface area contributed by atoms with Crippen molar-refractivity contribution in [1.82, 2.24) is 15.5 Å². The van der Waals surface area contributed by atoms with E-state index in [2.05, 4.69) is 10.6 Å². The zero-order valence-corrected chi connectivity index (χ0v) is 10.9. The number of carboxylic acids is 1. The van der Waals surface area contributed by atoms with Crippen LogP contribution in [0.3, 0.4) is 0 Å². The fourth-order valence-corrected chi connectivity index (χ4v) is 2.47. The molecule has 0 aliphatic carbocycles. The van der Waals surface area contributed by atoms with Crippen molar-refractivity contribution in [3.8, 4) is 0 Å². The monoisotopic (exact) mass is 269 g/mol. The number of aliphatic carboxylic acids is 1. The molecule has 2 unspecified atom stereocenters. The Hall–Kier alpha value is -1.63. The van der Waals surface area contributed by atoms with E-state index in [-0.39, 0.29) is 30.1 Å². The van der Waals surface area contributed by atoms with Crippen LogP contribution in [-0.4, -0.2) is 60.0 Å². The molecule has 7 heteroatoms. The van der Waals surface area contributed by atoms with Gasteiger partial charge in [0.15, 0.2) is 0 Å². The van der Waals surface area contributed by atoms with Gasteiger partial charge in [-0.2, -0.15) is 0 Å². The zero-order valence-electron chi connectivity index (χ0n) is 10.9. The largest absolute Gasteiger partial charge is 0.481 e. The van der Waals surface area contributed by atoms with Crippen molar-refractivity contribution in [3.63, 3.8) is 0 Å². The molecule has 2 amide bonds. The molecule has 2 aliphatic rings. The van der Waals surface area contributed by atoms with E-state index in [1.807, 2.05) is 6.92 Å². The number of nitrogens with zero attached hydrogens (tertiary/aromatic N) is 1. The Labute approximate surface area is 111 Å². The van der Waals surface area contributed by atoms with E-state index < -0.39 is 12.0 Å². The standard InChI is InChI=1S/C12H19N3O4/c1-7(8-5-13-6-8)12(19)15-3-2-14-11(18)9(15)4-10(16)17/h7-9,13H,2-6H2,1H3,(H,14,18)(H,16,17). The molecule has 0 saturated carbocycles. The Morgan fingerprint density at radius 3 is 2.68 bits per heavy atom. The van der Waals surface area contributed by atoms with Crippen molar-refractivity contribution in [1.29, 1.82) is 0 Å². The average molecular weight is 269 g/mol. The van der Waals surface area contributed by atoms with Gasteiger partial charge in [-0.05, 0) is 19.0 Å². The molecule has 2 heterocycles. The highest BCUT2D eigenvalue weighted by atomic mass is 16.4. The van der Waals surface area contributed by atoms with Gasteiger partial charge in [0.2, 0.25) is 11.8 Å². The number of amides is 2. The van der Waals surface area contributed by atoms with E-state index in [1.165, 1.54) is 4.90 Å². The van der Waals surface area contributed by atoms with Gasteiger partial charge in [0.25, 0.3) is 0 Å². The molecule has 0 aromatic carbocycles. The minimum absolute atomic E-state index is 0.118. The van der Waals surface area contributed by atoms with Gasteiger partial charge in [-0.15, -0.1) is 0 Å². The van der Waals surface area contributed by atoms with Gasteiger partial charge >= 0.3 is 5.97 Å². The van der Waals surface area contributed by atoms with Crippen molar-refractivity contribution >= 4 is 17.8 Å². The number of carbonyl (C=O) groups excluding carboxylic acids is 2. The highest BCUT2D eigenvalue weighted by Gasteiger charge is 2.39. The summed E-state index contributed by atoms with van der Waals surface area (Å²) in [5, 5.41) is 14.6. The van der Waals surface area contributed by atoms with Crippen LogP contribution in [0, 0.1) is 11.8 Å². The second-order valence-electron chi connectivity index (χ2n) is 5.14. The van der Waals surface area contributed by atoms with Crippen molar-refractivity contribution in [2.75, 3.05) is 26.2 Å². The topological polar surface area (TPSA) is 98.7 Å². The molecule has 106 valence electrons. The minimum atomic E-state index is -1.07. The molecule has 3 N–H and O–H groups in total. The minimum Gasteiger partial charge on any atom is -0.481 e. The SMILES string of the molecule is CC(C(=O)N1CCNC(=O)C1CC(=O)O)C1CNC1. The van der Waals surface area contributed by atoms with Gasteiger partial charge in [0.1, 0.15) is 6.04 Å². The van der Waals surface area contributed by atoms with Crippen molar-refractivity contribution < 1.29 is 19.5 Å². The third-order valence-electron chi connectivity index (χ3n) is 3.89. The lowest BCUT2D eigenvalue weighted by molar-refractivity contribution is -0.151. The fourth-order valence-electron chi connectivity index (χ4n) is 2.47. The van der Waals surface area contributed by atoms with Crippen LogP contribution in [0.4, 0.5) is 0 Å². The highest BCUT2D eigenvalue weighted by Crippen LogP contribution is 2.21. The fraction of sp³-hybridized carbons (Fsp3) is 0.750. The maximum Gasteiger partial charge on any atom is 0.305 e. The molecule has 2 saturated heterocycles. The number of piperazine rings is 1. The van der Waals surface area contributed by atoms with Gasteiger partial charge in [0.05, 0.1) is 6.42 Å². The lowest BCUT2D eigenvalue weighted by Crippen LogP contribution is -2.60. The molecular weight excluding hydrogens is 250 g/mol. The van der Waals surface area contributed by atoms with E-state index in [1.54, 1.807) is 0 Å². The van der Waals surface area contributed by atoms with E-state index >= 15 is 0 Å². The lowest BCUT2D eigenvalue weighted by atomic mass is 9.87. The van der Waals surface area contributed by atoms with Crippen LogP contribution in [0.1, 0.15) is 13.3 Å². The second kappa shape index (κ2) is 5.56. The van der Waals surface area contributed by atoms with Crippen molar-refractivity contribution in [3.05, 3.63) is 0 Å². The molecule has 2 aliphatic heterocycles. The molecule has 0 spiro atoms. The van der Waals surface area contributed by atoms with Crippen LogP contribution in [0.2, 0.25) is 0 Å². The third-order valence-corrected chi connectivity index (χ3v) is 3.89. The molecule has 0 aromatic heterocycles. The maximum atomic E-state index is 12.4. The summed E-state index contributed by atoms with van der Waals surface area (Å²) in [7, 11) is 0. The molecule has 2 atom stereocenters. The predicted octanol–water partition coefficient (Wildman–Crippen LogP) is -1.36. The molecule has 7 nitrogen and oxygen atoms in total. The number of rotatable bonds is 4. The predicted molar refractivity (Wildman–Crippen MR) is 66.3 cm³/mol. The highest BCUT2D eigenvalue weighted by molar-refractivity contribution is 5.92. The van der Waals surface area contributed by atoms with Crippen LogP contribution in [0.5, 0.6) is 0 Å². The Morgan fingerprint density at radius 1 is 1.47 bits per heavy atom. The van der Waals surface area contributed by atoms with E-state index in [9.17, 15) is 14.4 Å². The average Bonchev–Trinajstić information content (AvgIpc) is 2.28. The van der Waals surface area contributed by atoms with Crippen molar-refractivity contribution in [2.24, 2.45) is 11.8 Å². The summed E-state index contributed by atoms with van der Waals surface area (Å²) in [4.78, 5) is 36.4. The second-order valence-corrected chi connectivity index (χ2v) is 5.14. The first-order valence-electron chi connectivity index (χ1n) is 6.51. The smallest absolute Gasteiger partial charge is 0.305 e. The van der Waals surface area contributed by atoms with E-state index in [0.717, 1.165) is 13.1 Å². The van der Waals surface area contributed by atoms with E-state index in [4.69, 9.17) is 5.11 Å². The molecule has 19 heavy (non-hydrogen) atoms. The van der Waals surface area contributed by atoms with Crippen LogP contribution in [0.15, 0.2) is 0 Å². The van der Waals surface area contributed by atoms with Crippen LogP contribution in [-0.2, 0) is 14.4 Å². The Morgan fingerprint density at radius 2 is 2.16 bits per heavy atom. The summed E-state index contributed by atoms with van der Waals surface area (Å²) < 4.78 is 0. The summed E-state index contributed by atoms with van der Waals surface area (Å²) in [6.45, 7) is 4.22. The first-order chi connectivity index (χ1) is 9.00. The Kier molecular flexibility index (Phi) is 4.04. The Bertz CT molecular complexity index is 394. The number of carbonyl (C=O) groups is 3. The van der Waals surface area contributed by atoms with Gasteiger partial charge in [-0.3, -0.25) is 14.4 Å². The van der Waals surface area contributed by atoms with Gasteiger partial charge in [0, 0.05) is 19.0 Å². The molecule has 0 bridgehead atoms. The van der Waals surface area contributed by atoms with Gasteiger partial charge < -0.3 is 20.6 Å². The molecule has 2 fully saturated rings. The number of nitrogens with one attached hydrogen (secondary N) is 2. The summed E-state index contributed by atoms with van der Waals surface area (Å²) in [5.41, 5.74) is 0. The summed E-state index contributed by atoms with van der Waals surface area (Å²) in [5.74, 6) is -1.46. The van der Waals surface area contributed by atoms with Gasteiger partial charge in [-0.25, -0.2) is 0 Å². The van der Waals surface area contributed by atoms with Crippen LogP contribution in [0.25, 0.3) is 0 Å². The van der Waals surface area contributed by atoms with E-state index in [0.29, 0.717) is 13.1 Å². The van der Waals surface area contributed by atoms with Crippen LogP contribution >= 0.6 is 0 Å². The maximum absolute atomic E-state index is 12.4. The summed E-state index contributed by atoms with van der Waals surface area (Å²) >= 11 is 0. The summed E-state index contributed by atoms with van der Waals surface area (Å²) in [6.07, 6.45) is -0.340. The Balaban J connectivity index is 2.07. The third kappa shape index (κ3) is 2.86. The molecular formula is C12H19N3O4. The number of carboxylic acid groups (broad SMARTS) is 1. The molecule has 0 aromatic rings. The number of hydrogen-bond acceptors (Lipinski definition) is 4. The first-order valence-corrected chi connectivity index (χ1v) is 6.51. The van der Waals surface area contributed by atoms with Crippen LogP contribution < -0.4 is 10.6 Å². The van der Waals surface area contributed by atoms with Crippen molar-refractivity contribution in [2.45, 2.75) is 19.4 Å². The normalized spacial score (nSPS) is 25.4. The quantitative estimate of drug-likeness (QED) is 0.586. The first kappa shape index (κ1) is 13.8. The van der Waals surface area contributed by atoms with Gasteiger partial charge in [-0.1, -0.05) is 6.92 Å². The molecule has 2 rings (SSSR count). The zero-order chi connectivity index (χ0) is 14.0. The lowest BCUT2D eigenvalue weighted by Gasteiger charge is -2.39.